The van der Waals surface area contributed by atoms with Crippen LogP contribution in [0.1, 0.15) is 96.3 Å². The van der Waals surface area contributed by atoms with Crippen LogP contribution in [0.5, 0.6) is 34.5 Å². The molecule has 0 bridgehead atoms. The molecule has 12 nitrogen and oxygen atoms in total. The van der Waals surface area contributed by atoms with E-state index >= 15 is 0 Å². The zero-order valence-electron chi connectivity index (χ0n) is 33.5. The molecule has 0 aliphatic heterocycles. The summed E-state index contributed by atoms with van der Waals surface area (Å²) in [5.74, 6) is 0.460. The molecule has 0 unspecified atom stereocenters. The number of hydrogen-bond acceptors (Lipinski definition) is 12. The van der Waals surface area contributed by atoms with Gasteiger partial charge in [-0.15, -0.1) is 0 Å². The molecule has 4 aromatic carbocycles. The second-order valence-corrected chi connectivity index (χ2v) is 13.2. The highest BCUT2D eigenvalue weighted by molar-refractivity contribution is 5.96. The van der Waals surface area contributed by atoms with Gasteiger partial charge in [-0.1, -0.05) is 45.6 Å². The number of carbonyl (C=O) groups is 4. The second kappa shape index (κ2) is 24.4. The van der Waals surface area contributed by atoms with Crippen LogP contribution in [0.2, 0.25) is 0 Å². The highest BCUT2D eigenvalue weighted by Gasteiger charge is 2.19. The first-order chi connectivity index (χ1) is 28.2. The average molecular weight is 797 g/mol. The maximum Gasteiger partial charge on any atom is 0.343 e. The molecule has 58 heavy (non-hydrogen) atoms. The van der Waals surface area contributed by atoms with Gasteiger partial charge in [0.05, 0.1) is 38.1 Å². The van der Waals surface area contributed by atoms with Gasteiger partial charge < -0.3 is 37.9 Å². The van der Waals surface area contributed by atoms with Gasteiger partial charge in [-0.3, -0.25) is 0 Å². The summed E-state index contributed by atoms with van der Waals surface area (Å²) in [6, 6.07) is 24.9. The fourth-order valence-electron chi connectivity index (χ4n) is 5.33. The Bertz CT molecular complexity index is 1920. The number of rotatable bonds is 25. The number of benzene rings is 4. The first-order valence-electron chi connectivity index (χ1n) is 19.5. The van der Waals surface area contributed by atoms with Gasteiger partial charge in [-0.05, 0) is 117 Å². The van der Waals surface area contributed by atoms with Crippen LogP contribution < -0.4 is 28.4 Å². The molecule has 308 valence electrons. The molecule has 0 saturated heterocycles. The summed E-state index contributed by atoms with van der Waals surface area (Å²) in [6.45, 7) is 9.00. The van der Waals surface area contributed by atoms with E-state index in [-0.39, 0.29) is 35.7 Å². The zero-order chi connectivity index (χ0) is 41.5. The van der Waals surface area contributed by atoms with Gasteiger partial charge in [0.15, 0.2) is 0 Å². The highest BCUT2D eigenvalue weighted by atomic mass is 16.6. The molecule has 4 aromatic rings. The fraction of sp³-hybridized carbons (Fsp3) is 0.348. The van der Waals surface area contributed by atoms with E-state index in [0.717, 1.165) is 57.1 Å². The molecular formula is C46H52O12. The SMILES string of the molecule is C=C(C)C(=O)OCCOc1ccc(OC(=O)c2ccc(OCCCCCCCOc3ccc(C(=O)Oc4ccc(OCCCCC)cc4)cc3)cc2)c(C(=O)OC)c1. The van der Waals surface area contributed by atoms with Crippen LogP contribution in [-0.2, 0) is 14.3 Å². The highest BCUT2D eigenvalue weighted by Crippen LogP contribution is 2.27. The van der Waals surface area contributed by atoms with E-state index in [2.05, 4.69) is 13.5 Å². The smallest absolute Gasteiger partial charge is 0.343 e. The summed E-state index contributed by atoms with van der Waals surface area (Å²) in [7, 11) is 1.21. The van der Waals surface area contributed by atoms with Gasteiger partial charge in [0.1, 0.15) is 53.3 Å². The minimum Gasteiger partial charge on any atom is -0.494 e. The van der Waals surface area contributed by atoms with Crippen molar-refractivity contribution in [3.63, 3.8) is 0 Å². The molecule has 0 aromatic heterocycles. The Morgan fingerprint density at radius 3 is 1.47 bits per heavy atom. The van der Waals surface area contributed by atoms with Gasteiger partial charge in [0, 0.05) is 5.57 Å². The summed E-state index contributed by atoms with van der Waals surface area (Å²) < 4.78 is 43.8. The number of esters is 4. The number of ether oxygens (including phenoxy) is 8. The van der Waals surface area contributed by atoms with Gasteiger partial charge in [0.25, 0.3) is 0 Å². The summed E-state index contributed by atoms with van der Waals surface area (Å²) in [6.07, 6.45) is 8.07. The minimum atomic E-state index is -0.718. The van der Waals surface area contributed by atoms with E-state index in [1.807, 2.05) is 0 Å². The molecule has 0 atom stereocenters. The van der Waals surface area contributed by atoms with E-state index in [1.165, 1.54) is 25.3 Å². The van der Waals surface area contributed by atoms with E-state index in [0.29, 0.717) is 48.4 Å². The van der Waals surface area contributed by atoms with Gasteiger partial charge >= 0.3 is 23.9 Å². The Labute approximate surface area is 339 Å². The first-order valence-corrected chi connectivity index (χ1v) is 19.5. The van der Waals surface area contributed by atoms with Crippen LogP contribution in [-0.4, -0.2) is 64.0 Å². The number of methoxy groups -OCH3 is 1. The maximum absolute atomic E-state index is 12.9. The molecule has 0 N–H and O–H groups in total. The molecule has 4 rings (SSSR count). The summed E-state index contributed by atoms with van der Waals surface area (Å²) in [5.41, 5.74) is 0.972. The lowest BCUT2D eigenvalue weighted by molar-refractivity contribution is -0.139. The lowest BCUT2D eigenvalue weighted by Gasteiger charge is -2.12. The van der Waals surface area contributed by atoms with E-state index in [9.17, 15) is 19.2 Å². The third-order valence-corrected chi connectivity index (χ3v) is 8.55. The zero-order valence-corrected chi connectivity index (χ0v) is 33.5. The largest absolute Gasteiger partial charge is 0.494 e. The second-order valence-electron chi connectivity index (χ2n) is 13.2. The Hall–Kier alpha value is -6.30. The Morgan fingerprint density at radius 2 is 0.948 bits per heavy atom. The van der Waals surface area contributed by atoms with Crippen molar-refractivity contribution < 1.29 is 57.1 Å². The summed E-state index contributed by atoms with van der Waals surface area (Å²) in [5, 5.41) is 0. The molecule has 0 aliphatic carbocycles. The minimum absolute atomic E-state index is 0.000124. The van der Waals surface area contributed by atoms with Gasteiger partial charge in [-0.2, -0.15) is 0 Å². The molecule has 0 aliphatic rings. The molecule has 0 radical (unpaired) electrons. The number of unbranched alkanes of at least 4 members (excludes halogenated alkanes) is 6. The molecule has 0 fully saturated rings. The van der Waals surface area contributed by atoms with Crippen LogP contribution in [0.15, 0.2) is 103 Å². The maximum atomic E-state index is 12.9. The van der Waals surface area contributed by atoms with Crippen molar-refractivity contribution >= 4 is 23.9 Å². The third kappa shape index (κ3) is 15.3. The average Bonchev–Trinajstić information content (AvgIpc) is 3.24. The Morgan fingerprint density at radius 1 is 0.500 bits per heavy atom. The van der Waals surface area contributed by atoms with Crippen molar-refractivity contribution in [2.24, 2.45) is 0 Å². The van der Waals surface area contributed by atoms with Crippen LogP contribution in [0.3, 0.4) is 0 Å². The van der Waals surface area contributed by atoms with E-state index in [1.54, 1.807) is 79.7 Å². The van der Waals surface area contributed by atoms with Crippen molar-refractivity contribution in [1.29, 1.82) is 0 Å². The lowest BCUT2D eigenvalue weighted by atomic mass is 10.1. The van der Waals surface area contributed by atoms with Crippen LogP contribution in [0.25, 0.3) is 0 Å². The number of carbonyl (C=O) groups excluding carboxylic acids is 4. The third-order valence-electron chi connectivity index (χ3n) is 8.55. The van der Waals surface area contributed by atoms with Crippen molar-refractivity contribution in [2.45, 2.75) is 65.2 Å². The summed E-state index contributed by atoms with van der Waals surface area (Å²) >= 11 is 0. The molecule has 0 heterocycles. The molecular weight excluding hydrogens is 744 g/mol. The van der Waals surface area contributed by atoms with E-state index < -0.39 is 23.9 Å². The fourth-order valence-corrected chi connectivity index (χ4v) is 5.33. The van der Waals surface area contributed by atoms with Gasteiger partial charge in [0.2, 0.25) is 0 Å². The van der Waals surface area contributed by atoms with Crippen molar-refractivity contribution in [2.75, 3.05) is 40.1 Å². The Balaban J connectivity index is 1.08. The Kier molecular flexibility index (Phi) is 18.7. The molecule has 0 amide bonds. The van der Waals surface area contributed by atoms with Crippen LogP contribution in [0, 0.1) is 0 Å². The monoisotopic (exact) mass is 796 g/mol. The van der Waals surface area contributed by atoms with Crippen molar-refractivity contribution in [1.82, 2.24) is 0 Å². The first kappa shape index (κ1) is 44.4. The predicted octanol–water partition coefficient (Wildman–Crippen LogP) is 9.39. The van der Waals surface area contributed by atoms with Crippen molar-refractivity contribution in [3.8, 4) is 34.5 Å². The topological polar surface area (TPSA) is 142 Å². The molecule has 0 saturated carbocycles. The lowest BCUT2D eigenvalue weighted by Crippen LogP contribution is -2.14. The van der Waals surface area contributed by atoms with Crippen LogP contribution in [0.4, 0.5) is 0 Å². The molecule has 0 spiro atoms. The van der Waals surface area contributed by atoms with E-state index in [4.69, 9.17) is 37.9 Å². The number of hydrogen-bond donors (Lipinski definition) is 0. The quantitative estimate of drug-likeness (QED) is 0.0273. The van der Waals surface area contributed by atoms with Crippen molar-refractivity contribution in [3.05, 3.63) is 120 Å². The summed E-state index contributed by atoms with van der Waals surface area (Å²) in [4.78, 5) is 49.4. The molecule has 12 heteroatoms. The van der Waals surface area contributed by atoms with Crippen LogP contribution >= 0.6 is 0 Å². The normalized spacial score (nSPS) is 10.5. The standard InChI is InChI=1S/C46H52O12/c1-5-6-10-27-52-38-21-23-39(24-22-38)57-44(48)34-13-17-36(18-14-34)53-28-11-8-7-9-12-29-54-37-19-15-35(16-20-37)45(49)58-42-26-25-40(32-41(42)46(50)51-4)55-30-31-56-43(47)33(2)3/h13-26,32H,2,5-12,27-31H2,1,3-4H3. The van der Waals surface area contributed by atoms with Gasteiger partial charge in [-0.25, -0.2) is 19.2 Å². The predicted molar refractivity (Wildman–Crippen MR) is 217 cm³/mol.